The standard InChI is InChI=1S/C20H27FN2O2/c21-17-10-8-15(9-11-17)13-22-20(25)16-12-19(24)23(14-16)18-6-4-2-1-3-5-7-18/h8-11,16,18H,1-7,12-14H2,(H,22,25)/t16-/m0/s1. The van der Waals surface area contributed by atoms with Crippen molar-refractivity contribution in [2.45, 2.75) is 64.0 Å². The molecule has 1 aliphatic carbocycles. The minimum Gasteiger partial charge on any atom is -0.352 e. The van der Waals surface area contributed by atoms with E-state index in [1.807, 2.05) is 4.90 Å². The van der Waals surface area contributed by atoms with Crippen molar-refractivity contribution in [1.82, 2.24) is 10.2 Å². The number of carbonyl (C=O) groups excluding carboxylic acids is 2. The van der Waals surface area contributed by atoms with Crippen molar-refractivity contribution in [1.29, 1.82) is 0 Å². The summed E-state index contributed by atoms with van der Waals surface area (Å²) < 4.78 is 12.9. The van der Waals surface area contributed by atoms with E-state index in [4.69, 9.17) is 0 Å². The Morgan fingerprint density at radius 3 is 2.40 bits per heavy atom. The zero-order chi connectivity index (χ0) is 17.6. The van der Waals surface area contributed by atoms with Crippen LogP contribution in [0.4, 0.5) is 4.39 Å². The molecule has 136 valence electrons. The first-order valence-corrected chi connectivity index (χ1v) is 9.45. The lowest BCUT2D eigenvalue weighted by Crippen LogP contribution is -2.38. The first kappa shape index (κ1) is 17.9. The Labute approximate surface area is 148 Å². The normalized spacial score (nSPS) is 22.5. The second-order valence-corrected chi connectivity index (χ2v) is 7.29. The number of rotatable bonds is 4. The maximum Gasteiger partial charge on any atom is 0.225 e. The predicted molar refractivity (Wildman–Crippen MR) is 94.2 cm³/mol. The van der Waals surface area contributed by atoms with E-state index in [0.29, 0.717) is 25.6 Å². The van der Waals surface area contributed by atoms with Crippen LogP contribution in [0.25, 0.3) is 0 Å². The topological polar surface area (TPSA) is 49.4 Å². The van der Waals surface area contributed by atoms with Crippen LogP contribution < -0.4 is 5.32 Å². The summed E-state index contributed by atoms with van der Waals surface area (Å²) in [5.74, 6) is -0.511. The number of nitrogens with one attached hydrogen (secondary N) is 1. The molecule has 2 fully saturated rings. The van der Waals surface area contributed by atoms with Crippen molar-refractivity contribution < 1.29 is 14.0 Å². The molecule has 0 spiro atoms. The van der Waals surface area contributed by atoms with E-state index in [-0.39, 0.29) is 23.5 Å². The number of likely N-dealkylation sites (tertiary alicyclic amines) is 1. The molecule has 3 rings (SSSR count). The van der Waals surface area contributed by atoms with Crippen molar-refractivity contribution in [2.75, 3.05) is 6.54 Å². The summed E-state index contributed by atoms with van der Waals surface area (Å²) in [6.45, 7) is 0.909. The van der Waals surface area contributed by atoms with Gasteiger partial charge in [0.1, 0.15) is 5.82 Å². The number of benzene rings is 1. The Morgan fingerprint density at radius 2 is 1.72 bits per heavy atom. The maximum absolute atomic E-state index is 12.9. The summed E-state index contributed by atoms with van der Waals surface area (Å²) in [6.07, 6.45) is 8.60. The number of nitrogens with zero attached hydrogens (tertiary/aromatic N) is 1. The summed E-state index contributed by atoms with van der Waals surface area (Å²) in [4.78, 5) is 26.8. The molecule has 1 aromatic carbocycles. The molecule has 1 saturated carbocycles. The molecule has 1 heterocycles. The molecular weight excluding hydrogens is 319 g/mol. The van der Waals surface area contributed by atoms with Crippen LogP contribution >= 0.6 is 0 Å². The summed E-state index contributed by atoms with van der Waals surface area (Å²) >= 11 is 0. The average Bonchev–Trinajstić information content (AvgIpc) is 2.96. The molecule has 0 bridgehead atoms. The van der Waals surface area contributed by atoms with Crippen molar-refractivity contribution in [3.63, 3.8) is 0 Å². The van der Waals surface area contributed by atoms with Gasteiger partial charge in [0, 0.05) is 25.6 Å². The molecule has 2 amide bonds. The lowest BCUT2D eigenvalue weighted by Gasteiger charge is -2.29. The van der Waals surface area contributed by atoms with Gasteiger partial charge in [-0.05, 0) is 30.5 Å². The second-order valence-electron chi connectivity index (χ2n) is 7.29. The fourth-order valence-electron chi connectivity index (χ4n) is 3.94. The van der Waals surface area contributed by atoms with Crippen molar-refractivity contribution in [2.24, 2.45) is 5.92 Å². The number of amides is 2. The third-order valence-corrected chi connectivity index (χ3v) is 5.42. The van der Waals surface area contributed by atoms with Gasteiger partial charge in [-0.15, -0.1) is 0 Å². The number of halogens is 1. The third kappa shape index (κ3) is 4.80. The van der Waals surface area contributed by atoms with Gasteiger partial charge < -0.3 is 10.2 Å². The summed E-state index contributed by atoms with van der Waals surface area (Å²) in [7, 11) is 0. The second kappa shape index (κ2) is 8.45. The Bertz CT molecular complexity index is 594. The highest BCUT2D eigenvalue weighted by Gasteiger charge is 2.37. The average molecular weight is 346 g/mol. The number of hydrogen-bond donors (Lipinski definition) is 1. The summed E-state index contributed by atoms with van der Waals surface area (Å²) in [5.41, 5.74) is 0.857. The SMILES string of the molecule is O=C(NCc1ccc(F)cc1)[C@H]1CC(=O)N(C2CCCCCCC2)C1. The fraction of sp³-hybridized carbons (Fsp3) is 0.600. The molecule has 0 radical (unpaired) electrons. The van der Waals surface area contributed by atoms with Gasteiger partial charge in [0.2, 0.25) is 11.8 Å². The van der Waals surface area contributed by atoms with Crippen LogP contribution in [0.2, 0.25) is 0 Å². The van der Waals surface area contributed by atoms with Crippen molar-refractivity contribution in [3.8, 4) is 0 Å². The first-order valence-electron chi connectivity index (χ1n) is 9.45. The van der Waals surface area contributed by atoms with E-state index in [1.54, 1.807) is 12.1 Å². The van der Waals surface area contributed by atoms with Crippen LogP contribution in [0, 0.1) is 11.7 Å². The van der Waals surface area contributed by atoms with Crippen LogP contribution in [0.5, 0.6) is 0 Å². The van der Waals surface area contributed by atoms with Gasteiger partial charge in [0.25, 0.3) is 0 Å². The van der Waals surface area contributed by atoms with Crippen LogP contribution in [-0.4, -0.2) is 29.3 Å². The van der Waals surface area contributed by atoms with Gasteiger partial charge in [-0.2, -0.15) is 0 Å². The summed E-state index contributed by atoms with van der Waals surface area (Å²) in [6, 6.07) is 6.41. The highest BCUT2D eigenvalue weighted by Crippen LogP contribution is 2.27. The Kier molecular flexibility index (Phi) is 6.05. The van der Waals surface area contributed by atoms with Gasteiger partial charge in [-0.25, -0.2) is 4.39 Å². The lowest BCUT2D eigenvalue weighted by atomic mass is 9.96. The van der Waals surface area contributed by atoms with E-state index in [2.05, 4.69) is 5.32 Å². The Hall–Kier alpha value is -1.91. The lowest BCUT2D eigenvalue weighted by molar-refractivity contribution is -0.130. The molecule has 1 N–H and O–H groups in total. The molecule has 1 aromatic rings. The van der Waals surface area contributed by atoms with E-state index >= 15 is 0 Å². The molecule has 0 unspecified atom stereocenters. The molecule has 1 atom stereocenters. The molecule has 5 heteroatoms. The van der Waals surface area contributed by atoms with Crippen LogP contribution in [-0.2, 0) is 16.1 Å². The van der Waals surface area contributed by atoms with Gasteiger partial charge in [-0.3, -0.25) is 9.59 Å². The van der Waals surface area contributed by atoms with E-state index in [9.17, 15) is 14.0 Å². The van der Waals surface area contributed by atoms with Gasteiger partial charge >= 0.3 is 0 Å². The fourth-order valence-corrected chi connectivity index (χ4v) is 3.94. The molecule has 2 aliphatic rings. The van der Waals surface area contributed by atoms with Crippen molar-refractivity contribution >= 4 is 11.8 Å². The molecule has 4 nitrogen and oxygen atoms in total. The molecule has 0 aromatic heterocycles. The highest BCUT2D eigenvalue weighted by atomic mass is 19.1. The molecular formula is C20H27FN2O2. The number of carbonyl (C=O) groups is 2. The number of hydrogen-bond acceptors (Lipinski definition) is 2. The quantitative estimate of drug-likeness (QED) is 0.908. The van der Waals surface area contributed by atoms with Gasteiger partial charge in [-0.1, -0.05) is 44.2 Å². The van der Waals surface area contributed by atoms with E-state index < -0.39 is 0 Å². The monoisotopic (exact) mass is 346 g/mol. The Balaban J connectivity index is 1.52. The molecule has 1 aliphatic heterocycles. The smallest absolute Gasteiger partial charge is 0.225 e. The summed E-state index contributed by atoms with van der Waals surface area (Å²) in [5, 5.41) is 2.89. The van der Waals surface area contributed by atoms with Crippen LogP contribution in [0.15, 0.2) is 24.3 Å². The minimum absolute atomic E-state index is 0.0778. The van der Waals surface area contributed by atoms with Gasteiger partial charge in [0.05, 0.1) is 5.92 Å². The highest BCUT2D eigenvalue weighted by molar-refractivity contribution is 5.89. The van der Waals surface area contributed by atoms with Crippen LogP contribution in [0.3, 0.4) is 0 Å². The third-order valence-electron chi connectivity index (χ3n) is 5.42. The van der Waals surface area contributed by atoms with E-state index in [1.165, 1.54) is 44.2 Å². The Morgan fingerprint density at radius 1 is 1.08 bits per heavy atom. The zero-order valence-electron chi connectivity index (χ0n) is 14.7. The largest absolute Gasteiger partial charge is 0.352 e. The maximum atomic E-state index is 12.9. The van der Waals surface area contributed by atoms with E-state index in [0.717, 1.165) is 18.4 Å². The minimum atomic E-state index is -0.286. The van der Waals surface area contributed by atoms with Crippen molar-refractivity contribution in [3.05, 3.63) is 35.6 Å². The van der Waals surface area contributed by atoms with Gasteiger partial charge in [0.15, 0.2) is 0 Å². The predicted octanol–water partition coefficient (Wildman–Crippen LogP) is 3.40. The van der Waals surface area contributed by atoms with Crippen LogP contribution in [0.1, 0.15) is 56.9 Å². The molecule has 1 saturated heterocycles. The molecule has 25 heavy (non-hydrogen) atoms. The zero-order valence-corrected chi connectivity index (χ0v) is 14.7. The first-order chi connectivity index (χ1) is 12.1.